The van der Waals surface area contributed by atoms with Crippen LogP contribution in [0.25, 0.3) is 5.57 Å². The van der Waals surface area contributed by atoms with Crippen LogP contribution in [0.15, 0.2) is 52.0 Å². The van der Waals surface area contributed by atoms with E-state index in [1.54, 1.807) is 0 Å². The molecule has 19 heavy (non-hydrogen) atoms. The Balaban J connectivity index is 2.04. The zero-order valence-electron chi connectivity index (χ0n) is 10.2. The van der Waals surface area contributed by atoms with Gasteiger partial charge in [-0.2, -0.15) is 0 Å². The molecule has 1 aromatic carbocycles. The molecule has 3 heteroatoms. The molecule has 3 rings (SSSR count). The van der Waals surface area contributed by atoms with Gasteiger partial charge in [0, 0.05) is 16.5 Å². The first-order valence-corrected chi connectivity index (χ1v) is 8.08. The second-order valence-electron chi connectivity index (χ2n) is 4.74. The number of halogens is 2. The van der Waals surface area contributed by atoms with Gasteiger partial charge in [-0.15, -0.1) is 0 Å². The van der Waals surface area contributed by atoms with Gasteiger partial charge in [0.1, 0.15) is 0 Å². The maximum Gasteiger partial charge on any atom is 0.169 e. The summed E-state index contributed by atoms with van der Waals surface area (Å²) >= 11 is 6.75. The Bertz CT molecular complexity index is 651. The number of hydrogen-bond acceptors (Lipinski definition) is 1. The van der Waals surface area contributed by atoms with Gasteiger partial charge in [-0.1, -0.05) is 56.2 Å². The van der Waals surface area contributed by atoms with E-state index in [-0.39, 0.29) is 5.78 Å². The second kappa shape index (κ2) is 5.22. The first-order valence-electron chi connectivity index (χ1n) is 6.17. The molecule has 0 radical (unpaired) electrons. The molecule has 0 heterocycles. The number of hydrogen-bond donors (Lipinski definition) is 0. The Labute approximate surface area is 129 Å². The van der Waals surface area contributed by atoms with Gasteiger partial charge in [-0.25, -0.2) is 0 Å². The smallest absolute Gasteiger partial charge is 0.169 e. The summed E-state index contributed by atoms with van der Waals surface area (Å²) in [5.74, 6) is 0.179. The van der Waals surface area contributed by atoms with Gasteiger partial charge in [0.25, 0.3) is 0 Å². The van der Waals surface area contributed by atoms with Crippen molar-refractivity contribution < 1.29 is 4.79 Å². The molecule has 0 bridgehead atoms. The van der Waals surface area contributed by atoms with Crippen molar-refractivity contribution in [3.05, 3.63) is 63.2 Å². The fraction of sp³-hybridized carbons (Fsp3) is 0.188. The maximum atomic E-state index is 11.8. The standard InChI is InChI=1S/C16H12Br2O/c17-9-16(19)12-3-5-14-10(7-12)1-2-11-8-13(18)4-6-15(11)14/h1,3-6,8H,2,7,9H2. The lowest BCUT2D eigenvalue weighted by Gasteiger charge is -2.24. The first kappa shape index (κ1) is 13.1. The molecule has 96 valence electrons. The third-order valence-electron chi connectivity index (χ3n) is 3.58. The third kappa shape index (κ3) is 2.41. The van der Waals surface area contributed by atoms with Crippen LogP contribution < -0.4 is 0 Å². The fourth-order valence-corrected chi connectivity index (χ4v) is 3.37. The summed E-state index contributed by atoms with van der Waals surface area (Å²) in [5, 5.41) is 0.402. The molecule has 0 aliphatic heterocycles. The molecule has 0 saturated carbocycles. The highest BCUT2D eigenvalue weighted by Crippen LogP contribution is 2.38. The van der Waals surface area contributed by atoms with Gasteiger partial charge in [0.05, 0.1) is 5.33 Å². The van der Waals surface area contributed by atoms with E-state index in [0.29, 0.717) is 5.33 Å². The number of carbonyl (C=O) groups is 1. The van der Waals surface area contributed by atoms with E-state index in [9.17, 15) is 4.79 Å². The van der Waals surface area contributed by atoms with Gasteiger partial charge >= 0.3 is 0 Å². The van der Waals surface area contributed by atoms with Crippen LogP contribution >= 0.6 is 31.9 Å². The van der Waals surface area contributed by atoms with Crippen molar-refractivity contribution in [2.45, 2.75) is 12.8 Å². The minimum atomic E-state index is 0.179. The molecule has 0 atom stereocenters. The van der Waals surface area contributed by atoms with Crippen molar-refractivity contribution in [1.29, 1.82) is 0 Å². The van der Waals surface area contributed by atoms with Crippen LogP contribution in [-0.4, -0.2) is 11.1 Å². The number of Topliss-reactive ketones (excluding diaryl/α,β-unsaturated/α-hetero) is 1. The van der Waals surface area contributed by atoms with E-state index in [2.05, 4.69) is 62.2 Å². The Hall–Kier alpha value is -0.930. The zero-order valence-corrected chi connectivity index (χ0v) is 13.4. The SMILES string of the molecule is O=C(CBr)C1=CC=C2C(=CCc3cc(Br)ccc32)C1. The molecule has 1 aromatic rings. The monoisotopic (exact) mass is 378 g/mol. The van der Waals surface area contributed by atoms with E-state index < -0.39 is 0 Å². The molecule has 0 unspecified atom stereocenters. The molecule has 2 aliphatic carbocycles. The summed E-state index contributed by atoms with van der Waals surface area (Å²) in [7, 11) is 0. The van der Waals surface area contributed by atoms with Gasteiger partial charge in [0.2, 0.25) is 0 Å². The average molecular weight is 380 g/mol. The Morgan fingerprint density at radius 2 is 2.11 bits per heavy atom. The predicted octanol–water partition coefficient (Wildman–Crippen LogP) is 4.61. The van der Waals surface area contributed by atoms with Gasteiger partial charge in [-0.05, 0) is 40.8 Å². The van der Waals surface area contributed by atoms with E-state index in [1.165, 1.54) is 22.3 Å². The fourth-order valence-electron chi connectivity index (χ4n) is 2.60. The third-order valence-corrected chi connectivity index (χ3v) is 4.59. The van der Waals surface area contributed by atoms with Crippen LogP contribution in [0.1, 0.15) is 17.5 Å². The molecule has 0 N–H and O–H groups in total. The summed E-state index contributed by atoms with van der Waals surface area (Å²) in [6, 6.07) is 6.40. The molecular weight excluding hydrogens is 368 g/mol. The minimum absolute atomic E-state index is 0.179. The molecular formula is C16H12Br2O. The Kier molecular flexibility index (Phi) is 3.59. The maximum absolute atomic E-state index is 11.8. The summed E-state index contributed by atoms with van der Waals surface area (Å²) in [6.45, 7) is 0. The predicted molar refractivity (Wildman–Crippen MR) is 85.4 cm³/mol. The lowest BCUT2D eigenvalue weighted by Crippen LogP contribution is -2.11. The van der Waals surface area contributed by atoms with E-state index in [1.807, 2.05) is 6.08 Å². The van der Waals surface area contributed by atoms with Crippen LogP contribution in [0, 0.1) is 0 Å². The number of carbonyl (C=O) groups excluding carboxylic acids is 1. The largest absolute Gasteiger partial charge is 0.294 e. The second-order valence-corrected chi connectivity index (χ2v) is 6.22. The van der Waals surface area contributed by atoms with E-state index in [0.717, 1.165) is 22.9 Å². The number of allylic oxidation sites excluding steroid dienone is 6. The molecule has 2 aliphatic rings. The normalized spacial score (nSPS) is 16.8. The van der Waals surface area contributed by atoms with E-state index in [4.69, 9.17) is 0 Å². The number of fused-ring (bicyclic) bond motifs is 3. The van der Waals surface area contributed by atoms with Gasteiger partial charge in [-0.3, -0.25) is 4.79 Å². The summed E-state index contributed by atoms with van der Waals surface area (Å²) < 4.78 is 1.12. The van der Waals surface area contributed by atoms with Crippen molar-refractivity contribution in [3.63, 3.8) is 0 Å². The Morgan fingerprint density at radius 1 is 1.26 bits per heavy atom. The summed E-state index contributed by atoms with van der Waals surface area (Å²) in [4.78, 5) is 11.8. The highest BCUT2D eigenvalue weighted by Gasteiger charge is 2.22. The first-order chi connectivity index (χ1) is 9.19. The number of benzene rings is 1. The van der Waals surface area contributed by atoms with E-state index >= 15 is 0 Å². The van der Waals surface area contributed by atoms with Crippen LogP contribution in [0.3, 0.4) is 0 Å². The van der Waals surface area contributed by atoms with Crippen LogP contribution in [0.5, 0.6) is 0 Å². The summed E-state index contributed by atoms with van der Waals surface area (Å²) in [5.41, 5.74) is 6.07. The number of rotatable bonds is 2. The zero-order chi connectivity index (χ0) is 13.4. The number of alkyl halides is 1. The molecule has 1 nitrogen and oxygen atoms in total. The summed E-state index contributed by atoms with van der Waals surface area (Å²) in [6.07, 6.45) is 7.99. The molecule has 0 fully saturated rings. The highest BCUT2D eigenvalue weighted by atomic mass is 79.9. The van der Waals surface area contributed by atoms with Crippen molar-refractivity contribution in [2.75, 3.05) is 5.33 Å². The van der Waals surface area contributed by atoms with Crippen molar-refractivity contribution in [2.24, 2.45) is 0 Å². The Morgan fingerprint density at radius 3 is 2.89 bits per heavy atom. The minimum Gasteiger partial charge on any atom is -0.294 e. The quantitative estimate of drug-likeness (QED) is 0.685. The van der Waals surface area contributed by atoms with Crippen molar-refractivity contribution in [3.8, 4) is 0 Å². The van der Waals surface area contributed by atoms with Gasteiger partial charge in [0.15, 0.2) is 5.78 Å². The topological polar surface area (TPSA) is 17.1 Å². The van der Waals surface area contributed by atoms with Crippen LogP contribution in [-0.2, 0) is 11.2 Å². The lowest BCUT2D eigenvalue weighted by molar-refractivity contribution is -0.113. The molecule has 0 saturated heterocycles. The molecule has 0 spiro atoms. The van der Waals surface area contributed by atoms with Crippen molar-refractivity contribution in [1.82, 2.24) is 0 Å². The van der Waals surface area contributed by atoms with Crippen LogP contribution in [0.4, 0.5) is 0 Å². The average Bonchev–Trinajstić information content (AvgIpc) is 2.45. The van der Waals surface area contributed by atoms with Gasteiger partial charge < -0.3 is 0 Å². The van der Waals surface area contributed by atoms with Crippen LogP contribution in [0.2, 0.25) is 0 Å². The highest BCUT2D eigenvalue weighted by molar-refractivity contribution is 9.10. The molecule has 0 amide bonds. The number of ketones is 1. The van der Waals surface area contributed by atoms with Crippen molar-refractivity contribution >= 4 is 43.2 Å². The molecule has 0 aromatic heterocycles. The lowest BCUT2D eigenvalue weighted by atomic mass is 9.81.